The highest BCUT2D eigenvalue weighted by Gasteiger charge is 2.17. The summed E-state index contributed by atoms with van der Waals surface area (Å²) in [5, 5.41) is 20.8. The summed E-state index contributed by atoms with van der Waals surface area (Å²) >= 11 is 0. The van der Waals surface area contributed by atoms with Crippen molar-refractivity contribution in [3.8, 4) is 0 Å². The maximum absolute atomic E-state index is 12.3. The summed E-state index contributed by atoms with van der Waals surface area (Å²) in [4.78, 5) is 18.4. The molecule has 1 heterocycles. The molecule has 0 unspecified atom stereocenters. The number of benzene rings is 1. The predicted octanol–water partition coefficient (Wildman–Crippen LogP) is -0.243. The first-order chi connectivity index (χ1) is 13.3. The van der Waals surface area contributed by atoms with Crippen molar-refractivity contribution in [1.82, 2.24) is 30.1 Å². The smallest absolute Gasteiger partial charge is 0.270 e. The van der Waals surface area contributed by atoms with Crippen LogP contribution in [0.15, 0.2) is 40.5 Å². The van der Waals surface area contributed by atoms with Crippen molar-refractivity contribution in [3.05, 3.63) is 46.5 Å². The van der Waals surface area contributed by atoms with Crippen LogP contribution in [0.4, 0.5) is 5.69 Å². The molecule has 12 nitrogen and oxygen atoms in total. The minimum Gasteiger partial charge on any atom is -0.357 e. The molecule has 0 aliphatic rings. The van der Waals surface area contributed by atoms with Crippen LogP contribution in [-0.4, -0.2) is 53.7 Å². The van der Waals surface area contributed by atoms with Crippen LogP contribution in [0.5, 0.6) is 0 Å². The number of sulfonamides is 1. The highest BCUT2D eigenvalue weighted by atomic mass is 32.2. The van der Waals surface area contributed by atoms with Crippen molar-refractivity contribution in [3.63, 3.8) is 0 Å². The molecule has 1 aromatic heterocycles. The molecule has 152 valence electrons. The van der Waals surface area contributed by atoms with Crippen LogP contribution in [0.3, 0.4) is 0 Å². The van der Waals surface area contributed by atoms with Gasteiger partial charge in [-0.3, -0.25) is 14.8 Å². The summed E-state index contributed by atoms with van der Waals surface area (Å²) in [6, 6.07) is 4.88. The number of aryl methyl sites for hydroxylation is 1. The average molecular weight is 410 g/mol. The first-order valence-electron chi connectivity index (χ1n) is 8.42. The molecule has 1 aromatic carbocycles. The minimum atomic E-state index is -3.86. The number of hydrogen-bond acceptors (Lipinski definition) is 7. The van der Waals surface area contributed by atoms with Crippen LogP contribution in [0, 0.1) is 10.1 Å². The number of nitrogens with one attached hydrogen (secondary N) is 3. The molecule has 0 amide bonds. The molecule has 0 spiro atoms. The number of aromatic nitrogens is 3. The first-order valence-corrected chi connectivity index (χ1v) is 9.91. The molecule has 0 atom stereocenters. The Morgan fingerprint density at radius 2 is 2.11 bits per heavy atom. The lowest BCUT2D eigenvalue weighted by Crippen LogP contribution is -2.41. The summed E-state index contributed by atoms with van der Waals surface area (Å²) in [5.41, 5.74) is -0.286. The van der Waals surface area contributed by atoms with Gasteiger partial charge in [-0.15, -0.1) is 0 Å². The Hall–Kier alpha value is -3.06. The molecule has 0 aliphatic heterocycles. The molecule has 0 aliphatic carbocycles. The van der Waals surface area contributed by atoms with E-state index in [0.717, 1.165) is 6.07 Å². The summed E-state index contributed by atoms with van der Waals surface area (Å²) < 4.78 is 28.5. The Labute approximate surface area is 162 Å². The Morgan fingerprint density at radius 3 is 2.75 bits per heavy atom. The topological polar surface area (TPSA) is 156 Å². The summed E-state index contributed by atoms with van der Waals surface area (Å²) in [6.07, 6.45) is 1.44. The van der Waals surface area contributed by atoms with Crippen LogP contribution < -0.4 is 15.4 Å². The Morgan fingerprint density at radius 1 is 1.32 bits per heavy atom. The number of rotatable bonds is 9. The molecule has 3 N–H and O–H groups in total. The second-order valence-electron chi connectivity index (χ2n) is 5.57. The molecule has 0 fully saturated rings. The lowest BCUT2D eigenvalue weighted by molar-refractivity contribution is -0.385. The normalized spacial score (nSPS) is 12.0. The van der Waals surface area contributed by atoms with E-state index in [9.17, 15) is 18.5 Å². The fourth-order valence-corrected chi connectivity index (χ4v) is 3.24. The maximum atomic E-state index is 12.3. The predicted molar refractivity (Wildman–Crippen MR) is 102 cm³/mol. The molecule has 0 saturated heterocycles. The molecular formula is C15H22N8O4S. The Kier molecular flexibility index (Phi) is 7.40. The monoisotopic (exact) mass is 410 g/mol. The van der Waals surface area contributed by atoms with E-state index >= 15 is 0 Å². The van der Waals surface area contributed by atoms with Crippen molar-refractivity contribution >= 4 is 21.7 Å². The van der Waals surface area contributed by atoms with Crippen molar-refractivity contribution in [2.75, 3.05) is 19.6 Å². The third-order valence-corrected chi connectivity index (χ3v) is 5.03. The van der Waals surface area contributed by atoms with Gasteiger partial charge in [-0.2, -0.15) is 5.10 Å². The molecule has 0 bridgehead atoms. The van der Waals surface area contributed by atoms with Crippen molar-refractivity contribution < 1.29 is 13.3 Å². The molecule has 2 aromatic rings. The second kappa shape index (κ2) is 9.75. The number of nitrogens with zero attached hydrogens (tertiary/aromatic N) is 5. The van der Waals surface area contributed by atoms with Gasteiger partial charge in [-0.25, -0.2) is 23.1 Å². The van der Waals surface area contributed by atoms with Crippen LogP contribution >= 0.6 is 0 Å². The van der Waals surface area contributed by atoms with Crippen molar-refractivity contribution in [1.29, 1.82) is 0 Å². The largest absolute Gasteiger partial charge is 0.357 e. The van der Waals surface area contributed by atoms with Gasteiger partial charge in [-0.05, 0) is 13.0 Å². The SMILES string of the molecule is CCNC(=NCc1ncnn1C)NCCNS(=O)(=O)c1cccc([N+](=O)[O-])c1. The van der Waals surface area contributed by atoms with E-state index in [1.165, 1.54) is 24.5 Å². The van der Waals surface area contributed by atoms with Gasteiger partial charge in [0.25, 0.3) is 5.69 Å². The summed E-state index contributed by atoms with van der Waals surface area (Å²) in [5.74, 6) is 1.18. The number of aliphatic imine (C=N–C) groups is 1. The van der Waals surface area contributed by atoms with E-state index in [4.69, 9.17) is 0 Å². The number of nitro groups is 1. The zero-order valence-corrected chi connectivity index (χ0v) is 16.3. The molecule has 0 radical (unpaired) electrons. The number of guanidine groups is 1. The first kappa shape index (κ1) is 21.2. The quantitative estimate of drug-likeness (QED) is 0.168. The number of non-ortho nitro benzene ring substituents is 1. The van der Waals surface area contributed by atoms with Crippen molar-refractivity contribution in [2.45, 2.75) is 18.4 Å². The highest BCUT2D eigenvalue weighted by molar-refractivity contribution is 7.89. The van der Waals surface area contributed by atoms with Gasteiger partial charge in [-0.1, -0.05) is 6.07 Å². The van der Waals surface area contributed by atoms with Crippen LogP contribution in [-0.2, 0) is 23.6 Å². The van der Waals surface area contributed by atoms with Crippen LogP contribution in [0.1, 0.15) is 12.7 Å². The fourth-order valence-electron chi connectivity index (χ4n) is 2.17. The number of hydrogen-bond donors (Lipinski definition) is 3. The average Bonchev–Trinajstić information content (AvgIpc) is 3.08. The number of nitro benzene ring substituents is 1. The second-order valence-corrected chi connectivity index (χ2v) is 7.34. The fraction of sp³-hybridized carbons (Fsp3) is 0.400. The van der Waals surface area contributed by atoms with E-state index in [0.29, 0.717) is 24.9 Å². The highest BCUT2D eigenvalue weighted by Crippen LogP contribution is 2.16. The van der Waals surface area contributed by atoms with E-state index in [1.54, 1.807) is 11.7 Å². The van der Waals surface area contributed by atoms with Crippen LogP contribution in [0.2, 0.25) is 0 Å². The lowest BCUT2D eigenvalue weighted by atomic mass is 10.3. The van der Waals surface area contributed by atoms with Crippen molar-refractivity contribution in [2.24, 2.45) is 12.0 Å². The van der Waals surface area contributed by atoms with E-state index < -0.39 is 14.9 Å². The van der Waals surface area contributed by atoms with E-state index in [2.05, 4.69) is 30.4 Å². The van der Waals surface area contributed by atoms with E-state index in [1.807, 2.05) is 6.92 Å². The maximum Gasteiger partial charge on any atom is 0.270 e. The molecule has 13 heteroatoms. The standard InChI is InChI=1S/C15H22N8O4S/c1-3-16-15(18-10-14-19-11-20-22(14)2)17-7-8-21-28(26,27)13-6-4-5-12(9-13)23(24)25/h4-6,9,11,21H,3,7-8,10H2,1-2H3,(H2,16,17,18). The summed E-state index contributed by atoms with van der Waals surface area (Å²) in [6.45, 7) is 3.18. The molecular weight excluding hydrogens is 388 g/mol. The lowest BCUT2D eigenvalue weighted by Gasteiger charge is -2.12. The molecule has 28 heavy (non-hydrogen) atoms. The summed E-state index contributed by atoms with van der Waals surface area (Å²) in [7, 11) is -2.09. The molecule has 2 rings (SSSR count). The van der Waals surface area contributed by atoms with Gasteiger partial charge in [0.05, 0.1) is 9.82 Å². The van der Waals surface area contributed by atoms with Crippen LogP contribution in [0.25, 0.3) is 0 Å². The third-order valence-electron chi connectivity index (χ3n) is 3.58. The van der Waals surface area contributed by atoms with E-state index in [-0.39, 0.29) is 23.7 Å². The third kappa shape index (κ3) is 5.99. The molecule has 0 saturated carbocycles. The Balaban J connectivity index is 1.90. The van der Waals surface area contributed by atoms with Gasteiger partial charge in [0.2, 0.25) is 10.0 Å². The zero-order chi connectivity index (χ0) is 20.6. The zero-order valence-electron chi connectivity index (χ0n) is 15.5. The van der Waals surface area contributed by atoms with Gasteiger partial charge in [0, 0.05) is 38.8 Å². The Bertz CT molecular complexity index is 941. The minimum absolute atomic E-state index is 0.0688. The van der Waals surface area contributed by atoms with Gasteiger partial charge < -0.3 is 10.6 Å². The van der Waals surface area contributed by atoms with Gasteiger partial charge >= 0.3 is 0 Å². The van der Waals surface area contributed by atoms with Gasteiger partial charge in [0.1, 0.15) is 18.7 Å². The van der Waals surface area contributed by atoms with Gasteiger partial charge in [0.15, 0.2) is 5.96 Å².